The molecule has 15 heavy (non-hydrogen) atoms. The molecule has 1 N–H and O–H groups in total. The Kier molecular flexibility index (Phi) is 2.54. The fourth-order valence-corrected chi connectivity index (χ4v) is 4.42. The van der Waals surface area contributed by atoms with Crippen molar-refractivity contribution in [2.24, 2.45) is 23.2 Å². The van der Waals surface area contributed by atoms with E-state index in [1.54, 1.807) is 0 Å². The highest BCUT2D eigenvalue weighted by molar-refractivity contribution is 5.05. The lowest BCUT2D eigenvalue weighted by atomic mass is 9.69. The summed E-state index contributed by atoms with van der Waals surface area (Å²) in [5.41, 5.74) is 0.373. The van der Waals surface area contributed by atoms with Gasteiger partial charge in [-0.25, -0.2) is 0 Å². The topological polar surface area (TPSA) is 20.2 Å². The van der Waals surface area contributed by atoms with E-state index in [9.17, 15) is 5.11 Å². The maximum absolute atomic E-state index is 9.80. The summed E-state index contributed by atoms with van der Waals surface area (Å²) in [6.07, 6.45) is 12.7. The van der Waals surface area contributed by atoms with E-state index in [0.717, 1.165) is 17.8 Å². The summed E-state index contributed by atoms with van der Waals surface area (Å²) in [7, 11) is 0. The molecule has 3 fully saturated rings. The van der Waals surface area contributed by atoms with E-state index in [0.29, 0.717) is 12.0 Å². The van der Waals surface area contributed by atoms with E-state index in [1.165, 1.54) is 57.8 Å². The zero-order chi connectivity index (χ0) is 10.3. The molecule has 2 atom stereocenters. The van der Waals surface area contributed by atoms with Gasteiger partial charge in [-0.2, -0.15) is 0 Å². The third kappa shape index (κ3) is 1.73. The SMILES string of the molecule is OCC1(C2CCCCCC2)CC2CC2C1. The molecule has 3 rings (SSSR count). The van der Waals surface area contributed by atoms with Gasteiger partial charge in [-0.3, -0.25) is 0 Å². The lowest BCUT2D eigenvalue weighted by Gasteiger charge is -2.37. The average Bonchev–Trinajstić information content (AvgIpc) is 2.97. The Hall–Kier alpha value is -0.0400. The normalized spacial score (nSPS) is 46.2. The molecule has 0 saturated heterocycles. The molecule has 3 saturated carbocycles. The second-order valence-corrected chi connectivity index (χ2v) is 6.37. The predicted octanol–water partition coefficient (Wildman–Crippen LogP) is 3.37. The van der Waals surface area contributed by atoms with Gasteiger partial charge in [0, 0.05) is 6.61 Å². The van der Waals surface area contributed by atoms with E-state index in [2.05, 4.69) is 0 Å². The van der Waals surface area contributed by atoms with Crippen LogP contribution >= 0.6 is 0 Å². The fourth-order valence-electron chi connectivity index (χ4n) is 4.42. The second kappa shape index (κ2) is 3.76. The summed E-state index contributed by atoms with van der Waals surface area (Å²) in [4.78, 5) is 0. The summed E-state index contributed by atoms with van der Waals surface area (Å²) in [5.74, 6) is 2.89. The number of aliphatic hydroxyl groups is 1. The predicted molar refractivity (Wildman–Crippen MR) is 61.5 cm³/mol. The first-order valence-corrected chi connectivity index (χ1v) is 6.95. The van der Waals surface area contributed by atoms with E-state index >= 15 is 0 Å². The van der Waals surface area contributed by atoms with Crippen LogP contribution in [-0.2, 0) is 0 Å². The summed E-state index contributed by atoms with van der Waals surface area (Å²) < 4.78 is 0. The minimum atomic E-state index is 0.373. The quantitative estimate of drug-likeness (QED) is 0.690. The molecular weight excluding hydrogens is 184 g/mol. The molecule has 0 bridgehead atoms. The van der Waals surface area contributed by atoms with Crippen molar-refractivity contribution < 1.29 is 5.11 Å². The van der Waals surface area contributed by atoms with Gasteiger partial charge in [0.25, 0.3) is 0 Å². The maximum Gasteiger partial charge on any atom is 0.0490 e. The van der Waals surface area contributed by atoms with Crippen molar-refractivity contribution in [1.82, 2.24) is 0 Å². The highest BCUT2D eigenvalue weighted by Gasteiger charge is 2.55. The van der Waals surface area contributed by atoms with Crippen LogP contribution < -0.4 is 0 Å². The van der Waals surface area contributed by atoms with Crippen LogP contribution in [0, 0.1) is 23.2 Å². The van der Waals surface area contributed by atoms with Crippen LogP contribution in [0.25, 0.3) is 0 Å². The first-order valence-electron chi connectivity index (χ1n) is 6.95. The smallest absolute Gasteiger partial charge is 0.0490 e. The highest BCUT2D eigenvalue weighted by Crippen LogP contribution is 2.63. The Labute approximate surface area is 93.3 Å². The van der Waals surface area contributed by atoms with E-state index in [4.69, 9.17) is 0 Å². The number of rotatable bonds is 2. The molecule has 1 heteroatoms. The van der Waals surface area contributed by atoms with Gasteiger partial charge in [0.1, 0.15) is 0 Å². The van der Waals surface area contributed by atoms with Crippen LogP contribution in [-0.4, -0.2) is 11.7 Å². The molecule has 2 unspecified atom stereocenters. The molecule has 0 aromatic rings. The van der Waals surface area contributed by atoms with Crippen LogP contribution in [0.4, 0.5) is 0 Å². The molecule has 86 valence electrons. The van der Waals surface area contributed by atoms with E-state index < -0.39 is 0 Å². The van der Waals surface area contributed by atoms with Gasteiger partial charge in [0.15, 0.2) is 0 Å². The van der Waals surface area contributed by atoms with Crippen molar-refractivity contribution in [3.63, 3.8) is 0 Å². The van der Waals surface area contributed by atoms with Crippen LogP contribution in [0.15, 0.2) is 0 Å². The Morgan fingerprint density at radius 3 is 2.07 bits per heavy atom. The first kappa shape index (κ1) is 10.1. The molecule has 0 aliphatic heterocycles. The van der Waals surface area contributed by atoms with Crippen molar-refractivity contribution in [1.29, 1.82) is 0 Å². The number of aliphatic hydroxyl groups excluding tert-OH is 1. The van der Waals surface area contributed by atoms with Crippen molar-refractivity contribution in [3.8, 4) is 0 Å². The number of fused-ring (bicyclic) bond motifs is 1. The van der Waals surface area contributed by atoms with Gasteiger partial charge < -0.3 is 5.11 Å². The van der Waals surface area contributed by atoms with Gasteiger partial charge in [0.2, 0.25) is 0 Å². The Bertz CT molecular complexity index is 217. The molecule has 3 aliphatic rings. The zero-order valence-electron chi connectivity index (χ0n) is 9.75. The average molecular weight is 208 g/mol. The third-order valence-electron chi connectivity index (χ3n) is 5.44. The van der Waals surface area contributed by atoms with Crippen LogP contribution in [0.5, 0.6) is 0 Å². The standard InChI is InChI=1S/C14H24O/c15-10-14(8-11-7-12(11)9-14)13-5-3-1-2-4-6-13/h11-13,15H,1-10H2. The van der Waals surface area contributed by atoms with Crippen LogP contribution in [0.2, 0.25) is 0 Å². The highest BCUT2D eigenvalue weighted by atomic mass is 16.3. The molecule has 0 aromatic carbocycles. The summed E-state index contributed by atoms with van der Waals surface area (Å²) in [6, 6.07) is 0. The van der Waals surface area contributed by atoms with Gasteiger partial charge >= 0.3 is 0 Å². The van der Waals surface area contributed by atoms with E-state index in [1.807, 2.05) is 0 Å². The van der Waals surface area contributed by atoms with Gasteiger partial charge in [0.05, 0.1) is 0 Å². The number of hydrogen-bond donors (Lipinski definition) is 1. The lowest BCUT2D eigenvalue weighted by molar-refractivity contribution is 0.0456. The monoisotopic (exact) mass is 208 g/mol. The maximum atomic E-state index is 9.80. The molecule has 0 spiro atoms. The Balaban J connectivity index is 1.71. The summed E-state index contributed by atoms with van der Waals surface area (Å²) in [6.45, 7) is 0.477. The molecule has 3 aliphatic carbocycles. The summed E-state index contributed by atoms with van der Waals surface area (Å²) >= 11 is 0. The summed E-state index contributed by atoms with van der Waals surface area (Å²) in [5, 5.41) is 9.80. The van der Waals surface area contributed by atoms with Gasteiger partial charge in [-0.1, -0.05) is 25.7 Å². The van der Waals surface area contributed by atoms with Crippen LogP contribution in [0.3, 0.4) is 0 Å². The van der Waals surface area contributed by atoms with Gasteiger partial charge in [-0.05, 0) is 55.3 Å². The zero-order valence-corrected chi connectivity index (χ0v) is 9.75. The lowest BCUT2D eigenvalue weighted by Crippen LogP contribution is -2.33. The fraction of sp³-hybridized carbons (Fsp3) is 1.00. The molecule has 0 radical (unpaired) electrons. The molecule has 0 heterocycles. The minimum Gasteiger partial charge on any atom is -0.396 e. The second-order valence-electron chi connectivity index (χ2n) is 6.37. The minimum absolute atomic E-state index is 0.373. The molecule has 0 aromatic heterocycles. The van der Waals surface area contributed by atoms with Crippen LogP contribution in [0.1, 0.15) is 57.8 Å². The van der Waals surface area contributed by atoms with Crippen molar-refractivity contribution in [2.45, 2.75) is 57.8 Å². The largest absolute Gasteiger partial charge is 0.396 e. The Morgan fingerprint density at radius 2 is 1.53 bits per heavy atom. The molecule has 1 nitrogen and oxygen atoms in total. The van der Waals surface area contributed by atoms with E-state index in [-0.39, 0.29) is 0 Å². The first-order chi connectivity index (χ1) is 7.34. The Morgan fingerprint density at radius 1 is 0.933 bits per heavy atom. The molecule has 0 amide bonds. The third-order valence-corrected chi connectivity index (χ3v) is 5.44. The van der Waals surface area contributed by atoms with Crippen molar-refractivity contribution >= 4 is 0 Å². The van der Waals surface area contributed by atoms with Crippen molar-refractivity contribution in [3.05, 3.63) is 0 Å². The molecular formula is C14H24O. The number of hydrogen-bond acceptors (Lipinski definition) is 1. The van der Waals surface area contributed by atoms with Crippen molar-refractivity contribution in [2.75, 3.05) is 6.61 Å². The van der Waals surface area contributed by atoms with Gasteiger partial charge in [-0.15, -0.1) is 0 Å².